The molecule has 3 heterocycles. The number of nitrogens with one attached hydrogen (secondary N) is 1. The van der Waals surface area contributed by atoms with E-state index < -0.39 is 10.8 Å². The van der Waals surface area contributed by atoms with E-state index in [0.717, 1.165) is 18.4 Å². The summed E-state index contributed by atoms with van der Waals surface area (Å²) >= 11 is 0. The van der Waals surface area contributed by atoms with Crippen LogP contribution in [-0.4, -0.2) is 39.9 Å². The lowest BCUT2D eigenvalue weighted by Crippen LogP contribution is -2.35. The number of carbonyl (C=O) groups excluding carboxylic acids is 2. The number of aromatic nitrogens is 2. The normalized spacial score (nSPS) is 20.5. The number of carbonyl (C=O) groups is 2. The SMILES string of the molecule is CC(C)(C(=O)CCCO)c1ccc(Nc2cc(N3CC[C@@](C#N)(C4CC4)C3=O)ccn2)nc1. The van der Waals surface area contributed by atoms with E-state index in [1.165, 1.54) is 0 Å². The second-order valence-corrected chi connectivity index (χ2v) is 9.40. The summed E-state index contributed by atoms with van der Waals surface area (Å²) in [6.07, 6.45) is 6.53. The lowest BCUT2D eigenvalue weighted by atomic mass is 9.80. The Labute approximate surface area is 193 Å². The molecule has 4 rings (SSSR count). The van der Waals surface area contributed by atoms with E-state index in [4.69, 9.17) is 5.11 Å². The second kappa shape index (κ2) is 8.91. The van der Waals surface area contributed by atoms with Gasteiger partial charge in [0.15, 0.2) is 0 Å². The van der Waals surface area contributed by atoms with Gasteiger partial charge < -0.3 is 15.3 Å². The Bertz CT molecular complexity index is 1090. The summed E-state index contributed by atoms with van der Waals surface area (Å²) in [6.45, 7) is 4.24. The third kappa shape index (κ3) is 4.33. The first-order valence-corrected chi connectivity index (χ1v) is 11.4. The van der Waals surface area contributed by atoms with E-state index in [2.05, 4.69) is 21.4 Å². The summed E-state index contributed by atoms with van der Waals surface area (Å²) in [5.41, 5.74) is -0.0600. The molecule has 1 aliphatic heterocycles. The molecule has 0 radical (unpaired) electrons. The monoisotopic (exact) mass is 447 g/mol. The first kappa shape index (κ1) is 22.9. The van der Waals surface area contributed by atoms with Crippen molar-refractivity contribution < 1.29 is 14.7 Å². The van der Waals surface area contributed by atoms with Crippen LogP contribution in [0.3, 0.4) is 0 Å². The van der Waals surface area contributed by atoms with Crippen LogP contribution in [0.15, 0.2) is 36.7 Å². The summed E-state index contributed by atoms with van der Waals surface area (Å²) in [5.74, 6) is 1.24. The molecule has 0 unspecified atom stereocenters. The first-order valence-electron chi connectivity index (χ1n) is 11.4. The average molecular weight is 448 g/mol. The maximum Gasteiger partial charge on any atom is 0.247 e. The largest absolute Gasteiger partial charge is 0.396 e. The number of hydrogen-bond donors (Lipinski definition) is 2. The average Bonchev–Trinajstić information content (AvgIpc) is 3.61. The zero-order valence-corrected chi connectivity index (χ0v) is 19.0. The van der Waals surface area contributed by atoms with E-state index in [1.54, 1.807) is 35.5 Å². The highest BCUT2D eigenvalue weighted by Crippen LogP contribution is 2.51. The highest BCUT2D eigenvalue weighted by atomic mass is 16.3. The number of rotatable bonds is 9. The van der Waals surface area contributed by atoms with E-state index in [-0.39, 0.29) is 24.2 Å². The molecule has 172 valence electrons. The highest BCUT2D eigenvalue weighted by molar-refractivity contribution is 6.02. The Morgan fingerprint density at radius 3 is 2.73 bits per heavy atom. The standard InChI is InChI=1S/C25H29N5O3/c1-24(2,20(32)4-3-13-31)18-7-8-21(28-15-18)29-22-14-19(9-11-27-22)30-12-10-25(16-26,23(30)33)17-5-6-17/h7-9,11,14-15,17,31H,3-6,10,12-13H2,1-2H3,(H,27,28,29)/t25-/m1/s1. The summed E-state index contributed by atoms with van der Waals surface area (Å²) in [7, 11) is 0. The van der Waals surface area contributed by atoms with Crippen molar-refractivity contribution in [3.63, 3.8) is 0 Å². The summed E-state index contributed by atoms with van der Waals surface area (Å²) in [4.78, 5) is 36.0. The second-order valence-electron chi connectivity index (χ2n) is 9.40. The molecule has 0 bridgehead atoms. The van der Waals surface area contributed by atoms with Gasteiger partial charge in [0.1, 0.15) is 22.8 Å². The van der Waals surface area contributed by atoms with Crippen LogP contribution in [0.25, 0.3) is 0 Å². The van der Waals surface area contributed by atoms with Crippen molar-refractivity contribution in [3.05, 3.63) is 42.2 Å². The van der Waals surface area contributed by atoms with Crippen LogP contribution in [-0.2, 0) is 15.0 Å². The van der Waals surface area contributed by atoms with Gasteiger partial charge in [-0.25, -0.2) is 9.97 Å². The number of aliphatic hydroxyl groups excluding tert-OH is 1. The molecule has 2 aromatic rings. The Hall–Kier alpha value is -3.31. The minimum atomic E-state index is -0.879. The molecular weight excluding hydrogens is 418 g/mol. The molecule has 8 nitrogen and oxygen atoms in total. The Balaban J connectivity index is 1.47. The van der Waals surface area contributed by atoms with Crippen LogP contribution in [0.2, 0.25) is 0 Å². The minimum Gasteiger partial charge on any atom is -0.396 e. The van der Waals surface area contributed by atoms with Gasteiger partial charge in [0.25, 0.3) is 0 Å². The molecule has 1 saturated heterocycles. The maximum atomic E-state index is 13.1. The van der Waals surface area contributed by atoms with Crippen molar-refractivity contribution in [1.82, 2.24) is 9.97 Å². The zero-order chi connectivity index (χ0) is 23.6. The van der Waals surface area contributed by atoms with Gasteiger partial charge in [-0.05, 0) is 63.1 Å². The molecule has 0 aromatic carbocycles. The molecule has 2 fully saturated rings. The highest BCUT2D eigenvalue weighted by Gasteiger charge is 2.56. The fraction of sp³-hybridized carbons (Fsp3) is 0.480. The third-order valence-electron chi connectivity index (χ3n) is 6.89. The van der Waals surface area contributed by atoms with Crippen LogP contribution in [0.4, 0.5) is 17.3 Å². The summed E-state index contributed by atoms with van der Waals surface area (Å²) in [5, 5.41) is 21.8. The topological polar surface area (TPSA) is 119 Å². The van der Waals surface area contributed by atoms with Crippen LogP contribution in [0.5, 0.6) is 0 Å². The summed E-state index contributed by atoms with van der Waals surface area (Å²) < 4.78 is 0. The van der Waals surface area contributed by atoms with Gasteiger partial charge in [0.2, 0.25) is 5.91 Å². The number of pyridine rings is 2. The number of ketones is 1. The number of aliphatic hydroxyl groups is 1. The molecule has 2 aliphatic rings. The molecular formula is C25H29N5O3. The smallest absolute Gasteiger partial charge is 0.247 e. The first-order chi connectivity index (χ1) is 15.8. The van der Waals surface area contributed by atoms with Gasteiger partial charge in [-0.15, -0.1) is 0 Å². The van der Waals surface area contributed by atoms with Gasteiger partial charge >= 0.3 is 0 Å². The fourth-order valence-electron chi connectivity index (χ4n) is 4.47. The number of anilines is 3. The Kier molecular flexibility index (Phi) is 6.17. The predicted octanol–water partition coefficient (Wildman–Crippen LogP) is 3.50. The van der Waals surface area contributed by atoms with Crippen LogP contribution >= 0.6 is 0 Å². The van der Waals surface area contributed by atoms with Gasteiger partial charge in [-0.2, -0.15) is 5.26 Å². The Morgan fingerprint density at radius 2 is 2.09 bits per heavy atom. The molecule has 0 spiro atoms. The number of Topliss-reactive ketones (excluding diaryl/α,β-unsaturated/α-hetero) is 1. The van der Waals surface area contributed by atoms with E-state index in [0.29, 0.717) is 43.1 Å². The number of nitrogens with zero attached hydrogens (tertiary/aromatic N) is 4. The molecule has 2 aromatic heterocycles. The van der Waals surface area contributed by atoms with Crippen LogP contribution in [0.1, 0.15) is 51.5 Å². The number of amides is 1. The lowest BCUT2D eigenvalue weighted by molar-refractivity contribution is -0.124. The number of hydrogen-bond acceptors (Lipinski definition) is 7. The third-order valence-corrected chi connectivity index (χ3v) is 6.89. The quantitative estimate of drug-likeness (QED) is 0.604. The fourth-order valence-corrected chi connectivity index (χ4v) is 4.47. The zero-order valence-electron chi connectivity index (χ0n) is 19.0. The van der Waals surface area contributed by atoms with Gasteiger partial charge in [0, 0.05) is 49.1 Å². The molecule has 1 saturated carbocycles. The maximum absolute atomic E-state index is 13.1. The van der Waals surface area contributed by atoms with Crippen molar-refractivity contribution in [3.8, 4) is 6.07 Å². The van der Waals surface area contributed by atoms with Crippen LogP contribution < -0.4 is 10.2 Å². The van der Waals surface area contributed by atoms with Crippen molar-refractivity contribution >= 4 is 29.0 Å². The van der Waals surface area contributed by atoms with Gasteiger partial charge in [0.05, 0.1) is 6.07 Å². The van der Waals surface area contributed by atoms with Crippen molar-refractivity contribution in [2.45, 2.75) is 51.4 Å². The molecule has 8 heteroatoms. The minimum absolute atomic E-state index is 0.00387. The summed E-state index contributed by atoms with van der Waals surface area (Å²) in [6, 6.07) is 9.53. The molecule has 1 atom stereocenters. The van der Waals surface area contributed by atoms with Crippen LogP contribution in [0, 0.1) is 22.7 Å². The molecule has 33 heavy (non-hydrogen) atoms. The van der Waals surface area contributed by atoms with E-state index in [1.807, 2.05) is 19.9 Å². The van der Waals surface area contributed by atoms with Crippen molar-refractivity contribution in [2.24, 2.45) is 11.3 Å². The lowest BCUT2D eigenvalue weighted by Gasteiger charge is -2.23. The van der Waals surface area contributed by atoms with Gasteiger partial charge in [-0.1, -0.05) is 6.07 Å². The number of nitriles is 1. The van der Waals surface area contributed by atoms with Gasteiger partial charge in [-0.3, -0.25) is 9.59 Å². The van der Waals surface area contributed by atoms with Crippen molar-refractivity contribution in [2.75, 3.05) is 23.4 Å². The van der Waals surface area contributed by atoms with E-state index in [9.17, 15) is 14.9 Å². The van der Waals surface area contributed by atoms with E-state index >= 15 is 0 Å². The van der Waals surface area contributed by atoms with Crippen molar-refractivity contribution in [1.29, 1.82) is 5.26 Å². The Morgan fingerprint density at radius 1 is 1.30 bits per heavy atom. The molecule has 1 amide bonds. The molecule has 1 aliphatic carbocycles. The predicted molar refractivity (Wildman–Crippen MR) is 124 cm³/mol. The molecule has 2 N–H and O–H groups in total.